The van der Waals surface area contributed by atoms with Gasteiger partial charge in [-0.05, 0) is 37.3 Å². The molecular formula is C23H22F5N7O. The highest BCUT2D eigenvalue weighted by atomic mass is 19.4. The number of rotatable bonds is 4. The first-order valence-electron chi connectivity index (χ1n) is 11.7. The molecule has 3 aromatic heterocycles. The van der Waals surface area contributed by atoms with Gasteiger partial charge in [0.1, 0.15) is 23.7 Å². The van der Waals surface area contributed by atoms with Gasteiger partial charge in [0.15, 0.2) is 5.65 Å². The van der Waals surface area contributed by atoms with Crippen LogP contribution < -0.4 is 9.80 Å². The van der Waals surface area contributed by atoms with Gasteiger partial charge in [-0.3, -0.25) is 9.69 Å². The molecule has 1 spiro atoms. The van der Waals surface area contributed by atoms with E-state index in [4.69, 9.17) is 0 Å². The molecule has 2 unspecified atom stereocenters. The van der Waals surface area contributed by atoms with Gasteiger partial charge in [-0.15, -0.1) is 0 Å². The van der Waals surface area contributed by atoms with E-state index >= 15 is 0 Å². The van der Waals surface area contributed by atoms with Gasteiger partial charge in [-0.1, -0.05) is 0 Å². The molecule has 6 heterocycles. The van der Waals surface area contributed by atoms with Crippen LogP contribution in [0.2, 0.25) is 0 Å². The van der Waals surface area contributed by atoms with E-state index in [1.165, 1.54) is 17.2 Å². The molecule has 1 saturated carbocycles. The highest BCUT2D eigenvalue weighted by Crippen LogP contribution is 2.54. The van der Waals surface area contributed by atoms with Gasteiger partial charge in [0.25, 0.3) is 6.43 Å². The van der Waals surface area contributed by atoms with Crippen LogP contribution >= 0.6 is 0 Å². The predicted octanol–water partition coefficient (Wildman–Crippen LogP) is 3.92. The summed E-state index contributed by atoms with van der Waals surface area (Å²) in [5.74, 6) is 0.841. The minimum Gasteiger partial charge on any atom is -0.352 e. The number of carbonyl (C=O) groups is 1. The predicted molar refractivity (Wildman–Crippen MR) is 118 cm³/mol. The summed E-state index contributed by atoms with van der Waals surface area (Å²) in [7, 11) is 0. The summed E-state index contributed by atoms with van der Waals surface area (Å²) in [6, 6.07) is 2.28. The Balaban J connectivity index is 1.23. The fraction of sp³-hybridized carbons (Fsp3) is 0.522. The zero-order valence-electron chi connectivity index (χ0n) is 19.0. The molecule has 8 nitrogen and oxygen atoms in total. The lowest BCUT2D eigenvalue weighted by Gasteiger charge is -2.55. The Morgan fingerprint density at radius 2 is 1.92 bits per heavy atom. The summed E-state index contributed by atoms with van der Waals surface area (Å²) >= 11 is 0. The average molecular weight is 507 g/mol. The van der Waals surface area contributed by atoms with Crippen molar-refractivity contribution in [2.75, 3.05) is 22.9 Å². The number of aromatic nitrogens is 5. The van der Waals surface area contributed by atoms with E-state index in [0.717, 1.165) is 36.2 Å². The van der Waals surface area contributed by atoms with E-state index in [0.29, 0.717) is 36.5 Å². The van der Waals surface area contributed by atoms with Gasteiger partial charge in [-0.25, -0.2) is 28.4 Å². The van der Waals surface area contributed by atoms with E-state index in [-0.39, 0.29) is 29.1 Å². The van der Waals surface area contributed by atoms with Crippen LogP contribution in [0.3, 0.4) is 0 Å². The number of pyridine rings is 1. The average Bonchev–Trinajstić information content (AvgIpc) is 3.38. The first kappa shape index (κ1) is 23.0. The van der Waals surface area contributed by atoms with Gasteiger partial charge >= 0.3 is 6.18 Å². The normalized spacial score (nSPS) is 26.2. The molecule has 0 N–H and O–H groups in total. The number of anilines is 2. The molecule has 13 heteroatoms. The third-order valence-electron chi connectivity index (χ3n) is 7.78. The van der Waals surface area contributed by atoms with Crippen LogP contribution in [-0.4, -0.2) is 56.2 Å². The first-order valence-corrected chi connectivity index (χ1v) is 11.7. The smallest absolute Gasteiger partial charge is 0.352 e. The largest absolute Gasteiger partial charge is 0.417 e. The second-order valence-electron chi connectivity index (χ2n) is 9.86. The molecule has 36 heavy (non-hydrogen) atoms. The van der Waals surface area contributed by atoms with Crippen LogP contribution in [0.1, 0.15) is 31.2 Å². The Morgan fingerprint density at radius 3 is 2.58 bits per heavy atom. The topological polar surface area (TPSA) is 80.0 Å². The Kier molecular flexibility index (Phi) is 5.16. The molecule has 190 valence electrons. The van der Waals surface area contributed by atoms with Gasteiger partial charge in [0.2, 0.25) is 5.91 Å². The lowest BCUT2D eigenvalue weighted by Crippen LogP contribution is -2.58. The van der Waals surface area contributed by atoms with Crippen LogP contribution in [0.15, 0.2) is 30.7 Å². The third kappa shape index (κ3) is 3.75. The van der Waals surface area contributed by atoms with Gasteiger partial charge < -0.3 is 4.90 Å². The van der Waals surface area contributed by atoms with Crippen molar-refractivity contribution in [1.29, 1.82) is 0 Å². The summed E-state index contributed by atoms with van der Waals surface area (Å²) < 4.78 is 65.7. The molecule has 3 aliphatic heterocycles. The lowest BCUT2D eigenvalue weighted by molar-refractivity contribution is -0.137. The zero-order valence-corrected chi connectivity index (χ0v) is 19.0. The Labute approximate surface area is 202 Å². The zero-order chi connectivity index (χ0) is 25.2. The van der Waals surface area contributed by atoms with E-state index in [9.17, 15) is 26.7 Å². The summed E-state index contributed by atoms with van der Waals surface area (Å²) in [6.07, 6.45) is -0.398. The molecule has 2 bridgehead atoms. The van der Waals surface area contributed by atoms with Crippen molar-refractivity contribution in [3.8, 4) is 0 Å². The monoisotopic (exact) mass is 507 g/mol. The maximum absolute atomic E-state index is 13.0. The molecule has 1 amide bonds. The van der Waals surface area contributed by atoms with Crippen LogP contribution in [0, 0.1) is 11.3 Å². The molecule has 0 aromatic carbocycles. The van der Waals surface area contributed by atoms with Crippen molar-refractivity contribution in [3.63, 3.8) is 0 Å². The number of piperidine rings is 2. The van der Waals surface area contributed by atoms with Crippen molar-refractivity contribution < 1.29 is 26.7 Å². The van der Waals surface area contributed by atoms with E-state index in [2.05, 4.69) is 25.0 Å². The van der Waals surface area contributed by atoms with Gasteiger partial charge in [0, 0.05) is 37.2 Å². The fourth-order valence-electron chi connectivity index (χ4n) is 6.09. The summed E-state index contributed by atoms with van der Waals surface area (Å²) in [5, 5.41) is 3.97. The Morgan fingerprint density at radius 1 is 1.08 bits per heavy atom. The summed E-state index contributed by atoms with van der Waals surface area (Å²) in [5.41, 5.74) is -0.401. The maximum atomic E-state index is 13.0. The minimum atomic E-state index is -4.49. The maximum Gasteiger partial charge on any atom is 0.417 e. The van der Waals surface area contributed by atoms with Gasteiger partial charge in [0.05, 0.1) is 18.0 Å². The number of carbonyl (C=O) groups excluding carboxylic acids is 1. The van der Waals surface area contributed by atoms with Crippen molar-refractivity contribution >= 4 is 28.7 Å². The number of halogens is 5. The molecule has 7 rings (SSSR count). The second kappa shape index (κ2) is 8.07. The summed E-state index contributed by atoms with van der Waals surface area (Å²) in [6.45, 7) is 0.479. The Bertz CT molecular complexity index is 1310. The van der Waals surface area contributed by atoms with Crippen LogP contribution in [-0.2, 0) is 17.5 Å². The molecule has 3 aromatic rings. The highest BCUT2D eigenvalue weighted by molar-refractivity contribution is 5.95. The number of nitrogens with zero attached hydrogens (tertiary/aromatic N) is 7. The number of hydrogen-bond acceptors (Lipinski definition) is 6. The van der Waals surface area contributed by atoms with Crippen molar-refractivity contribution in [1.82, 2.24) is 24.7 Å². The highest BCUT2D eigenvalue weighted by Gasteiger charge is 2.56. The van der Waals surface area contributed by atoms with Crippen LogP contribution in [0.25, 0.3) is 11.2 Å². The van der Waals surface area contributed by atoms with E-state index in [1.54, 1.807) is 6.20 Å². The lowest BCUT2D eigenvalue weighted by atomic mass is 9.60. The number of hydrogen-bond donors (Lipinski definition) is 0. The quantitative estimate of drug-likeness (QED) is 0.498. The molecule has 0 radical (unpaired) electrons. The van der Waals surface area contributed by atoms with Crippen molar-refractivity contribution in [3.05, 3.63) is 36.3 Å². The van der Waals surface area contributed by atoms with Gasteiger partial charge in [-0.2, -0.15) is 18.3 Å². The molecule has 4 aliphatic rings. The summed E-state index contributed by atoms with van der Waals surface area (Å²) in [4.78, 5) is 29.5. The molecule has 3 saturated heterocycles. The number of alkyl halides is 5. The Hall–Kier alpha value is -3.38. The molecule has 3 atom stereocenters. The SMILES string of the molecule is O=C1C[C@@]2(CC3CCC2CN3c2cnc3cnn(CC(F)F)c3n2)CN1c1ccc(C(F)(F)F)cn1. The third-order valence-corrected chi connectivity index (χ3v) is 7.78. The van der Waals surface area contributed by atoms with E-state index < -0.39 is 24.7 Å². The molecule has 1 aliphatic carbocycles. The van der Waals surface area contributed by atoms with Crippen molar-refractivity contribution in [2.24, 2.45) is 11.3 Å². The molecule has 4 fully saturated rings. The molecular weight excluding hydrogens is 485 g/mol. The second-order valence-corrected chi connectivity index (χ2v) is 9.86. The standard InChI is InChI=1S/C23H22F5N7O/c24-17(25)11-35-21-16(8-31-35)29-9-19(32-21)33-10-14-1-3-15(33)5-22(14)6-20(36)34(12-22)18-4-2-13(7-30-18)23(26,27)28/h2,4,7-9,14-15,17H,1,3,5-6,10-12H2/t14?,15?,22-/m0/s1. The van der Waals surface area contributed by atoms with Crippen molar-refractivity contribution in [2.45, 2.75) is 50.9 Å². The number of fused-ring (bicyclic) bond motifs is 3. The van der Waals surface area contributed by atoms with Crippen LogP contribution in [0.5, 0.6) is 0 Å². The van der Waals surface area contributed by atoms with Crippen LogP contribution in [0.4, 0.5) is 33.6 Å². The fourth-order valence-corrected chi connectivity index (χ4v) is 6.09. The van der Waals surface area contributed by atoms with E-state index in [1.807, 2.05) is 0 Å². The first-order chi connectivity index (χ1) is 17.1. The number of amides is 1. The minimum absolute atomic E-state index is 0.0848.